The van der Waals surface area contributed by atoms with Crippen LogP contribution < -0.4 is 5.32 Å². The molecule has 1 N–H and O–H groups in total. The van der Waals surface area contributed by atoms with Crippen molar-refractivity contribution in [1.29, 1.82) is 0 Å². The highest BCUT2D eigenvalue weighted by Gasteiger charge is 2.14. The van der Waals surface area contributed by atoms with Crippen molar-refractivity contribution in [3.8, 4) is 0 Å². The molecule has 0 saturated carbocycles. The summed E-state index contributed by atoms with van der Waals surface area (Å²) in [6.07, 6.45) is 0. The van der Waals surface area contributed by atoms with Gasteiger partial charge in [0.1, 0.15) is 10.9 Å². The predicted molar refractivity (Wildman–Crippen MR) is 87.0 cm³/mol. The molecule has 22 heavy (non-hydrogen) atoms. The highest BCUT2D eigenvalue weighted by Crippen LogP contribution is 2.25. The van der Waals surface area contributed by atoms with Crippen molar-refractivity contribution in [1.82, 2.24) is 24.9 Å². The van der Waals surface area contributed by atoms with E-state index in [0.717, 1.165) is 21.9 Å². The molecule has 0 spiro atoms. The van der Waals surface area contributed by atoms with Gasteiger partial charge in [0.25, 0.3) is 0 Å². The highest BCUT2D eigenvalue weighted by molar-refractivity contribution is 8.00. The summed E-state index contributed by atoms with van der Waals surface area (Å²) in [5.41, 5.74) is 2.53. The van der Waals surface area contributed by atoms with E-state index in [4.69, 9.17) is 0 Å². The summed E-state index contributed by atoms with van der Waals surface area (Å²) in [4.78, 5) is 16.5. The smallest absolute Gasteiger partial charge is 0.230 e. The number of aryl methyl sites for hydroxylation is 1. The van der Waals surface area contributed by atoms with Crippen LogP contribution >= 0.6 is 11.8 Å². The van der Waals surface area contributed by atoms with Gasteiger partial charge in [-0.3, -0.25) is 9.20 Å². The quantitative estimate of drug-likeness (QED) is 0.747. The lowest BCUT2D eigenvalue weighted by Gasteiger charge is -2.09. The number of fused-ring (bicyclic) bond motifs is 3. The lowest BCUT2D eigenvalue weighted by molar-refractivity contribution is -0.119. The number of aromatic nitrogens is 4. The van der Waals surface area contributed by atoms with Gasteiger partial charge in [0, 0.05) is 6.04 Å². The van der Waals surface area contributed by atoms with Crippen molar-refractivity contribution in [2.45, 2.75) is 31.8 Å². The minimum Gasteiger partial charge on any atom is -0.353 e. The first-order valence-electron chi connectivity index (χ1n) is 7.09. The van der Waals surface area contributed by atoms with Gasteiger partial charge in [-0.25, -0.2) is 4.98 Å². The summed E-state index contributed by atoms with van der Waals surface area (Å²) in [6, 6.07) is 7.98. The number of thioether (sulfide) groups is 1. The van der Waals surface area contributed by atoms with E-state index < -0.39 is 0 Å². The van der Waals surface area contributed by atoms with Crippen LogP contribution in [0.5, 0.6) is 0 Å². The van der Waals surface area contributed by atoms with Crippen molar-refractivity contribution in [2.75, 3.05) is 5.75 Å². The molecule has 114 valence electrons. The van der Waals surface area contributed by atoms with Crippen LogP contribution in [0.25, 0.3) is 16.7 Å². The molecule has 0 unspecified atom stereocenters. The maximum atomic E-state index is 11.8. The van der Waals surface area contributed by atoms with Crippen LogP contribution in [-0.4, -0.2) is 37.3 Å². The van der Waals surface area contributed by atoms with Gasteiger partial charge in [-0.05, 0) is 32.9 Å². The van der Waals surface area contributed by atoms with Crippen LogP contribution in [0.4, 0.5) is 0 Å². The predicted octanol–water partition coefficient (Wildman–Crippen LogP) is 2.20. The minimum atomic E-state index is -0.00986. The van der Waals surface area contributed by atoms with Gasteiger partial charge >= 0.3 is 0 Å². The number of amides is 1. The Morgan fingerprint density at radius 2 is 2.09 bits per heavy atom. The first kappa shape index (κ1) is 14.8. The maximum Gasteiger partial charge on any atom is 0.230 e. The molecule has 0 aliphatic carbocycles. The van der Waals surface area contributed by atoms with E-state index in [0.29, 0.717) is 11.4 Å². The first-order chi connectivity index (χ1) is 10.6. The normalized spacial score (nSPS) is 11.5. The molecule has 3 rings (SSSR count). The van der Waals surface area contributed by atoms with E-state index in [1.54, 1.807) is 0 Å². The minimum absolute atomic E-state index is 0.00986. The lowest BCUT2D eigenvalue weighted by atomic mass is 10.3. The SMILES string of the molecule is Cc1nnc2c(SCC(=O)NC(C)C)nc3ccccc3n12. The molecule has 0 aliphatic heterocycles. The zero-order valence-corrected chi connectivity index (χ0v) is 13.5. The number of nitrogens with one attached hydrogen (secondary N) is 1. The second-order valence-electron chi connectivity index (χ2n) is 5.32. The van der Waals surface area contributed by atoms with E-state index in [9.17, 15) is 4.79 Å². The van der Waals surface area contributed by atoms with Crippen LogP contribution in [0, 0.1) is 6.92 Å². The van der Waals surface area contributed by atoms with E-state index >= 15 is 0 Å². The molecule has 1 amide bonds. The number of benzene rings is 1. The number of para-hydroxylation sites is 2. The van der Waals surface area contributed by atoms with Gasteiger partial charge in [0.15, 0.2) is 5.65 Å². The second-order valence-corrected chi connectivity index (χ2v) is 6.29. The van der Waals surface area contributed by atoms with Crippen molar-refractivity contribution in [3.63, 3.8) is 0 Å². The average molecular weight is 315 g/mol. The highest BCUT2D eigenvalue weighted by atomic mass is 32.2. The van der Waals surface area contributed by atoms with Crippen molar-refractivity contribution < 1.29 is 4.79 Å². The van der Waals surface area contributed by atoms with E-state index in [2.05, 4.69) is 20.5 Å². The monoisotopic (exact) mass is 315 g/mol. The average Bonchev–Trinajstić information content (AvgIpc) is 2.87. The van der Waals surface area contributed by atoms with Gasteiger partial charge in [-0.15, -0.1) is 10.2 Å². The Balaban J connectivity index is 1.99. The Bertz CT molecular complexity index is 842. The van der Waals surface area contributed by atoms with Crippen molar-refractivity contribution >= 4 is 34.3 Å². The van der Waals surface area contributed by atoms with E-state index in [1.807, 2.05) is 49.4 Å². The van der Waals surface area contributed by atoms with Gasteiger partial charge in [-0.2, -0.15) is 0 Å². The fourth-order valence-electron chi connectivity index (χ4n) is 2.29. The van der Waals surface area contributed by atoms with Crippen molar-refractivity contribution in [3.05, 3.63) is 30.1 Å². The summed E-state index contributed by atoms with van der Waals surface area (Å²) in [5.74, 6) is 1.11. The van der Waals surface area contributed by atoms with Gasteiger partial charge in [0.05, 0.1) is 16.8 Å². The molecule has 0 atom stereocenters. The molecular weight excluding hydrogens is 298 g/mol. The molecule has 0 aliphatic rings. The van der Waals surface area contributed by atoms with E-state index in [1.165, 1.54) is 11.8 Å². The van der Waals surface area contributed by atoms with Gasteiger partial charge in [-0.1, -0.05) is 23.9 Å². The summed E-state index contributed by atoms with van der Waals surface area (Å²) < 4.78 is 1.98. The number of hydrogen-bond acceptors (Lipinski definition) is 5. The number of carbonyl (C=O) groups is 1. The number of hydrogen-bond donors (Lipinski definition) is 1. The number of rotatable bonds is 4. The van der Waals surface area contributed by atoms with Crippen LogP contribution in [0.3, 0.4) is 0 Å². The zero-order chi connectivity index (χ0) is 15.7. The molecule has 3 aromatic rings. The number of carbonyl (C=O) groups excluding carboxylic acids is 1. The van der Waals surface area contributed by atoms with Crippen LogP contribution in [0.2, 0.25) is 0 Å². The van der Waals surface area contributed by atoms with Crippen LogP contribution in [-0.2, 0) is 4.79 Å². The molecule has 6 nitrogen and oxygen atoms in total. The largest absolute Gasteiger partial charge is 0.353 e. The van der Waals surface area contributed by atoms with E-state index in [-0.39, 0.29) is 11.9 Å². The Labute approximate surface area is 132 Å². The third kappa shape index (κ3) is 2.76. The Morgan fingerprint density at radius 3 is 2.86 bits per heavy atom. The van der Waals surface area contributed by atoms with Crippen LogP contribution in [0.1, 0.15) is 19.7 Å². The summed E-state index contributed by atoms with van der Waals surface area (Å²) in [6.45, 7) is 5.79. The molecule has 2 heterocycles. The van der Waals surface area contributed by atoms with Gasteiger partial charge < -0.3 is 5.32 Å². The fourth-order valence-corrected chi connectivity index (χ4v) is 3.07. The Hall–Kier alpha value is -2.15. The first-order valence-corrected chi connectivity index (χ1v) is 8.07. The molecule has 0 bridgehead atoms. The molecule has 1 aromatic carbocycles. The Kier molecular flexibility index (Phi) is 3.98. The van der Waals surface area contributed by atoms with Gasteiger partial charge in [0.2, 0.25) is 5.91 Å². The third-order valence-corrected chi connectivity index (χ3v) is 4.10. The standard InChI is InChI=1S/C15H17N5OS/c1-9(2)16-13(21)8-22-15-14-19-18-10(3)20(14)12-7-5-4-6-11(12)17-15/h4-7,9H,8H2,1-3H3,(H,16,21). The summed E-state index contributed by atoms with van der Waals surface area (Å²) >= 11 is 1.38. The molecule has 0 radical (unpaired) electrons. The van der Waals surface area contributed by atoms with Crippen molar-refractivity contribution in [2.24, 2.45) is 0 Å². The van der Waals surface area contributed by atoms with Crippen LogP contribution in [0.15, 0.2) is 29.3 Å². The second kappa shape index (κ2) is 5.92. The fraction of sp³-hybridized carbons (Fsp3) is 0.333. The molecule has 2 aromatic heterocycles. The molecular formula is C15H17N5OS. The number of nitrogens with zero attached hydrogens (tertiary/aromatic N) is 4. The molecule has 0 saturated heterocycles. The molecule has 7 heteroatoms. The summed E-state index contributed by atoms with van der Waals surface area (Å²) in [7, 11) is 0. The topological polar surface area (TPSA) is 72.2 Å². The Morgan fingerprint density at radius 1 is 1.32 bits per heavy atom. The maximum absolute atomic E-state index is 11.8. The third-order valence-electron chi connectivity index (χ3n) is 3.15. The lowest BCUT2D eigenvalue weighted by Crippen LogP contribution is -2.31. The molecule has 0 fully saturated rings. The zero-order valence-electron chi connectivity index (χ0n) is 12.7. The summed E-state index contributed by atoms with van der Waals surface area (Å²) in [5, 5.41) is 11.9.